The highest BCUT2D eigenvalue weighted by atomic mass is 16.5. The molecule has 108 valence electrons. The molecular formula is C14H26N4O. The van der Waals surface area contributed by atoms with E-state index in [-0.39, 0.29) is 0 Å². The number of aromatic nitrogens is 1. The fraction of sp³-hybridized carbons (Fsp3) is 0.786. The summed E-state index contributed by atoms with van der Waals surface area (Å²) in [6, 6.07) is 2.69. The third-order valence-corrected chi connectivity index (χ3v) is 3.76. The first-order valence-corrected chi connectivity index (χ1v) is 7.26. The van der Waals surface area contributed by atoms with E-state index < -0.39 is 0 Å². The van der Waals surface area contributed by atoms with Gasteiger partial charge in [0, 0.05) is 38.3 Å². The number of hydrogen-bond donors (Lipinski definition) is 1. The third kappa shape index (κ3) is 4.30. The molecule has 0 aliphatic carbocycles. The molecule has 1 aliphatic heterocycles. The summed E-state index contributed by atoms with van der Waals surface area (Å²) in [5.41, 5.74) is 1.01. The summed E-state index contributed by atoms with van der Waals surface area (Å²) < 4.78 is 5.41. The van der Waals surface area contributed by atoms with Crippen LogP contribution in [0.3, 0.4) is 0 Å². The van der Waals surface area contributed by atoms with Crippen LogP contribution in [0.5, 0.6) is 0 Å². The number of piperazine rings is 1. The largest absolute Gasteiger partial charge is 0.360 e. The van der Waals surface area contributed by atoms with Crippen molar-refractivity contribution in [2.45, 2.75) is 39.4 Å². The van der Waals surface area contributed by atoms with Gasteiger partial charge in [-0.1, -0.05) is 12.1 Å². The van der Waals surface area contributed by atoms with Crippen LogP contribution in [0.2, 0.25) is 0 Å². The summed E-state index contributed by atoms with van der Waals surface area (Å²) in [7, 11) is 2.19. The summed E-state index contributed by atoms with van der Waals surface area (Å²) in [6.45, 7) is 10.5. The van der Waals surface area contributed by atoms with Gasteiger partial charge in [0.05, 0.1) is 12.2 Å². The van der Waals surface area contributed by atoms with E-state index in [1.807, 2.05) is 0 Å². The molecule has 1 unspecified atom stereocenters. The van der Waals surface area contributed by atoms with Crippen LogP contribution in [0.1, 0.15) is 31.7 Å². The summed E-state index contributed by atoms with van der Waals surface area (Å²) in [5, 5.41) is 7.45. The zero-order chi connectivity index (χ0) is 13.7. The minimum absolute atomic E-state index is 0.613. The average Bonchev–Trinajstić information content (AvgIpc) is 2.82. The van der Waals surface area contributed by atoms with Crippen molar-refractivity contribution in [3.8, 4) is 0 Å². The van der Waals surface area contributed by atoms with Crippen molar-refractivity contribution in [3.05, 3.63) is 17.5 Å². The van der Waals surface area contributed by atoms with Crippen LogP contribution in [-0.2, 0) is 13.1 Å². The molecule has 5 heteroatoms. The fourth-order valence-corrected chi connectivity index (χ4v) is 2.39. The zero-order valence-electron chi connectivity index (χ0n) is 12.4. The van der Waals surface area contributed by atoms with Gasteiger partial charge in [0.25, 0.3) is 0 Å². The van der Waals surface area contributed by atoms with Crippen molar-refractivity contribution in [1.29, 1.82) is 0 Å². The van der Waals surface area contributed by atoms with Crippen molar-refractivity contribution in [1.82, 2.24) is 20.3 Å². The van der Waals surface area contributed by atoms with Crippen LogP contribution in [-0.4, -0.2) is 54.2 Å². The molecule has 1 aromatic heterocycles. The number of rotatable bonds is 6. The maximum Gasteiger partial charge on any atom is 0.151 e. The lowest BCUT2D eigenvalue weighted by molar-refractivity contribution is 0.0927. The zero-order valence-corrected chi connectivity index (χ0v) is 12.4. The van der Waals surface area contributed by atoms with Crippen LogP contribution in [0.25, 0.3) is 0 Å². The highest BCUT2D eigenvalue weighted by Gasteiger charge is 2.21. The molecule has 5 nitrogen and oxygen atoms in total. The summed E-state index contributed by atoms with van der Waals surface area (Å²) in [4.78, 5) is 4.84. The van der Waals surface area contributed by atoms with Crippen LogP contribution in [0, 0.1) is 0 Å². The second kappa shape index (κ2) is 7.03. The summed E-state index contributed by atoms with van der Waals surface area (Å²) in [5.74, 6) is 0.977. The van der Waals surface area contributed by atoms with Crippen LogP contribution in [0.4, 0.5) is 0 Å². The molecule has 1 saturated heterocycles. The third-order valence-electron chi connectivity index (χ3n) is 3.76. The molecule has 0 aromatic carbocycles. The molecule has 1 N–H and O–H groups in total. The minimum atomic E-state index is 0.613. The van der Waals surface area contributed by atoms with E-state index in [4.69, 9.17) is 4.52 Å². The molecule has 2 heterocycles. The topological polar surface area (TPSA) is 44.5 Å². The van der Waals surface area contributed by atoms with E-state index in [0.717, 1.165) is 57.1 Å². The van der Waals surface area contributed by atoms with Crippen molar-refractivity contribution >= 4 is 0 Å². The van der Waals surface area contributed by atoms with Gasteiger partial charge < -0.3 is 14.7 Å². The van der Waals surface area contributed by atoms with Crippen molar-refractivity contribution < 1.29 is 4.52 Å². The van der Waals surface area contributed by atoms with Gasteiger partial charge in [0.15, 0.2) is 5.76 Å². The summed E-state index contributed by atoms with van der Waals surface area (Å²) >= 11 is 0. The van der Waals surface area contributed by atoms with E-state index in [1.54, 1.807) is 0 Å². The molecule has 1 fully saturated rings. The van der Waals surface area contributed by atoms with Crippen molar-refractivity contribution in [3.63, 3.8) is 0 Å². The molecule has 0 radical (unpaired) electrons. The SMILES string of the molecule is CCCNCc1cc(CN2CCN(C)C(C)C2)on1. The highest BCUT2D eigenvalue weighted by molar-refractivity contribution is 5.05. The molecule has 19 heavy (non-hydrogen) atoms. The Balaban J connectivity index is 1.79. The highest BCUT2D eigenvalue weighted by Crippen LogP contribution is 2.12. The second-order valence-corrected chi connectivity index (χ2v) is 5.53. The fourth-order valence-electron chi connectivity index (χ4n) is 2.39. The molecule has 1 aromatic rings. The number of nitrogens with one attached hydrogen (secondary N) is 1. The van der Waals surface area contributed by atoms with Gasteiger partial charge in [0.1, 0.15) is 0 Å². The smallest absolute Gasteiger partial charge is 0.151 e. The molecule has 2 rings (SSSR count). The number of nitrogens with zero attached hydrogens (tertiary/aromatic N) is 3. The van der Waals surface area contributed by atoms with Crippen LogP contribution >= 0.6 is 0 Å². The van der Waals surface area contributed by atoms with E-state index in [9.17, 15) is 0 Å². The van der Waals surface area contributed by atoms with E-state index >= 15 is 0 Å². The maximum absolute atomic E-state index is 5.41. The Morgan fingerprint density at radius 1 is 1.47 bits per heavy atom. The first-order valence-electron chi connectivity index (χ1n) is 7.26. The van der Waals surface area contributed by atoms with Crippen LogP contribution in [0.15, 0.2) is 10.6 Å². The Hall–Kier alpha value is -0.910. The van der Waals surface area contributed by atoms with E-state index in [0.29, 0.717) is 6.04 Å². The molecule has 1 aliphatic rings. The Morgan fingerprint density at radius 3 is 3.05 bits per heavy atom. The van der Waals surface area contributed by atoms with Crippen molar-refractivity contribution in [2.24, 2.45) is 0 Å². The van der Waals surface area contributed by atoms with Gasteiger partial charge in [-0.3, -0.25) is 4.90 Å². The monoisotopic (exact) mass is 266 g/mol. The number of likely N-dealkylation sites (N-methyl/N-ethyl adjacent to an activating group) is 1. The molecular weight excluding hydrogens is 240 g/mol. The first-order chi connectivity index (χ1) is 9.19. The average molecular weight is 266 g/mol. The number of hydrogen-bond acceptors (Lipinski definition) is 5. The quantitative estimate of drug-likeness (QED) is 0.787. The van der Waals surface area contributed by atoms with Gasteiger partial charge in [0.2, 0.25) is 0 Å². The second-order valence-electron chi connectivity index (χ2n) is 5.53. The van der Waals surface area contributed by atoms with E-state index in [1.165, 1.54) is 0 Å². The lowest BCUT2D eigenvalue weighted by Gasteiger charge is -2.37. The molecule has 1 atom stereocenters. The lowest BCUT2D eigenvalue weighted by atomic mass is 10.2. The Kier molecular flexibility index (Phi) is 5.36. The Labute approximate surface area is 115 Å². The normalized spacial score (nSPS) is 21.9. The molecule has 0 bridgehead atoms. The molecule has 0 saturated carbocycles. The Morgan fingerprint density at radius 2 is 2.32 bits per heavy atom. The predicted molar refractivity (Wildman–Crippen MR) is 75.9 cm³/mol. The molecule has 0 spiro atoms. The van der Waals surface area contributed by atoms with Gasteiger partial charge in [-0.15, -0.1) is 0 Å². The van der Waals surface area contributed by atoms with Gasteiger partial charge in [-0.2, -0.15) is 0 Å². The first kappa shape index (κ1) is 14.5. The standard InChI is InChI=1S/C14H26N4O/c1-4-5-15-9-13-8-14(19-16-13)11-18-7-6-17(3)12(2)10-18/h8,12,15H,4-7,9-11H2,1-3H3. The van der Waals surface area contributed by atoms with Gasteiger partial charge in [-0.25, -0.2) is 0 Å². The van der Waals surface area contributed by atoms with E-state index in [2.05, 4.69) is 47.2 Å². The lowest BCUT2D eigenvalue weighted by Crippen LogP contribution is -2.49. The van der Waals surface area contributed by atoms with Gasteiger partial charge in [-0.05, 0) is 26.9 Å². The minimum Gasteiger partial charge on any atom is -0.360 e. The van der Waals surface area contributed by atoms with Crippen LogP contribution < -0.4 is 5.32 Å². The maximum atomic E-state index is 5.41. The van der Waals surface area contributed by atoms with Crippen molar-refractivity contribution in [2.75, 3.05) is 33.2 Å². The summed E-state index contributed by atoms with van der Waals surface area (Å²) in [6.07, 6.45) is 1.14. The Bertz CT molecular complexity index is 379. The van der Waals surface area contributed by atoms with Gasteiger partial charge >= 0.3 is 0 Å². The predicted octanol–water partition coefficient (Wildman–Crippen LogP) is 1.31. The molecule has 0 amide bonds.